The fourth-order valence-corrected chi connectivity index (χ4v) is 4.50. The second-order valence-electron chi connectivity index (χ2n) is 9.57. The predicted molar refractivity (Wildman–Crippen MR) is 131 cm³/mol. The van der Waals surface area contributed by atoms with Gasteiger partial charge < -0.3 is 25.4 Å². The number of anilines is 3. The number of amides is 1. The van der Waals surface area contributed by atoms with Crippen molar-refractivity contribution in [2.24, 2.45) is 7.05 Å². The molecule has 4 rings (SSSR count). The standard InChI is InChI=1S/C24H28F2N6O5/c1-6-12-9-32(5)30-14(12)21(23(2)10-24(25,26)11-37-23)29-16-15(19(34)20(16)35)28-13-7-8-27-17(18(13)33)22(36)31(3)4/h7-9,21,29,33H,6,10-11H2,1-5H3,(H,27,28)/t21-,23?/m0/s1. The van der Waals surface area contributed by atoms with Crippen molar-refractivity contribution < 1.29 is 23.4 Å². The quantitative estimate of drug-likeness (QED) is 0.383. The number of aromatic hydroxyl groups is 1. The number of carbonyl (C=O) groups is 1. The van der Waals surface area contributed by atoms with Gasteiger partial charge in [-0.3, -0.25) is 19.1 Å². The van der Waals surface area contributed by atoms with Crippen LogP contribution in [-0.2, 0) is 18.2 Å². The summed E-state index contributed by atoms with van der Waals surface area (Å²) in [7, 11) is 4.66. The summed E-state index contributed by atoms with van der Waals surface area (Å²) in [5, 5.41) is 20.7. The molecule has 0 saturated carbocycles. The Morgan fingerprint density at radius 3 is 2.57 bits per heavy atom. The summed E-state index contributed by atoms with van der Waals surface area (Å²) in [5.74, 6) is -4.16. The van der Waals surface area contributed by atoms with E-state index in [2.05, 4.69) is 20.7 Å². The van der Waals surface area contributed by atoms with Gasteiger partial charge in [0.05, 0.1) is 23.0 Å². The smallest absolute Gasteiger partial charge is 0.275 e. The SMILES string of the molecule is CCc1cn(C)nc1[C@H](Nc1c(Nc2ccnc(C(=O)N(C)C)c2O)c(=O)c1=O)C1(C)CC(F)(F)CO1. The minimum Gasteiger partial charge on any atom is -0.504 e. The van der Waals surface area contributed by atoms with Gasteiger partial charge in [0.2, 0.25) is 0 Å². The van der Waals surface area contributed by atoms with Crippen LogP contribution in [0.5, 0.6) is 5.75 Å². The third-order valence-electron chi connectivity index (χ3n) is 6.42. The summed E-state index contributed by atoms with van der Waals surface area (Å²) in [4.78, 5) is 42.6. The van der Waals surface area contributed by atoms with Crippen molar-refractivity contribution in [3.05, 3.63) is 55.9 Å². The number of ether oxygens (including phenoxy) is 1. The van der Waals surface area contributed by atoms with Gasteiger partial charge in [-0.2, -0.15) is 5.10 Å². The fraction of sp³-hybridized carbons (Fsp3) is 0.458. The molecule has 1 fully saturated rings. The molecule has 13 heteroatoms. The highest BCUT2D eigenvalue weighted by Gasteiger charge is 2.54. The monoisotopic (exact) mass is 518 g/mol. The first-order valence-electron chi connectivity index (χ1n) is 11.6. The van der Waals surface area contributed by atoms with Gasteiger partial charge in [-0.25, -0.2) is 13.8 Å². The molecule has 1 saturated heterocycles. The summed E-state index contributed by atoms with van der Waals surface area (Å²) in [6.07, 6.45) is 2.92. The van der Waals surface area contributed by atoms with Crippen LogP contribution in [0.1, 0.15) is 48.1 Å². The maximum atomic E-state index is 14.3. The number of alkyl halides is 2. The molecule has 1 unspecified atom stereocenters. The fourth-order valence-electron chi connectivity index (χ4n) is 4.50. The van der Waals surface area contributed by atoms with E-state index in [1.54, 1.807) is 17.9 Å². The van der Waals surface area contributed by atoms with Gasteiger partial charge in [0.1, 0.15) is 18.0 Å². The van der Waals surface area contributed by atoms with Gasteiger partial charge >= 0.3 is 0 Å². The Morgan fingerprint density at radius 2 is 1.97 bits per heavy atom. The summed E-state index contributed by atoms with van der Waals surface area (Å²) in [6, 6.07) is 0.327. The van der Waals surface area contributed by atoms with Gasteiger partial charge in [0.25, 0.3) is 22.7 Å². The Labute approximate surface area is 210 Å². The lowest BCUT2D eigenvalue weighted by Gasteiger charge is -2.34. The maximum Gasteiger partial charge on any atom is 0.275 e. The summed E-state index contributed by atoms with van der Waals surface area (Å²) in [5.41, 5.74) is -2.68. The Kier molecular flexibility index (Phi) is 6.52. The first kappa shape index (κ1) is 26.2. The van der Waals surface area contributed by atoms with Crippen LogP contribution in [0.25, 0.3) is 0 Å². The van der Waals surface area contributed by atoms with Crippen molar-refractivity contribution in [2.45, 2.75) is 44.3 Å². The van der Waals surface area contributed by atoms with Crippen LogP contribution in [0, 0.1) is 0 Å². The van der Waals surface area contributed by atoms with Crippen LogP contribution >= 0.6 is 0 Å². The molecular formula is C24H28F2N6O5. The minimum absolute atomic E-state index is 0.0335. The summed E-state index contributed by atoms with van der Waals surface area (Å²) >= 11 is 0. The molecule has 2 aromatic heterocycles. The number of hydrogen-bond donors (Lipinski definition) is 3. The van der Waals surface area contributed by atoms with Crippen molar-refractivity contribution in [2.75, 3.05) is 31.3 Å². The molecule has 0 radical (unpaired) electrons. The lowest BCUT2D eigenvalue weighted by molar-refractivity contribution is -0.0248. The molecule has 0 spiro atoms. The van der Waals surface area contributed by atoms with Crippen molar-refractivity contribution in [3.63, 3.8) is 0 Å². The van der Waals surface area contributed by atoms with Crippen LogP contribution in [0.2, 0.25) is 0 Å². The van der Waals surface area contributed by atoms with E-state index in [9.17, 15) is 28.3 Å². The second-order valence-corrected chi connectivity index (χ2v) is 9.57. The highest BCUT2D eigenvalue weighted by Crippen LogP contribution is 2.46. The third-order valence-corrected chi connectivity index (χ3v) is 6.42. The summed E-state index contributed by atoms with van der Waals surface area (Å²) < 4.78 is 35.6. The van der Waals surface area contributed by atoms with E-state index in [1.165, 1.54) is 38.2 Å². The van der Waals surface area contributed by atoms with E-state index < -0.39 is 53.1 Å². The van der Waals surface area contributed by atoms with Crippen molar-refractivity contribution in [1.29, 1.82) is 0 Å². The highest BCUT2D eigenvalue weighted by molar-refractivity contribution is 5.97. The number of aryl methyl sites for hydroxylation is 2. The normalized spacial score (nSPS) is 19.6. The van der Waals surface area contributed by atoms with Crippen molar-refractivity contribution in [1.82, 2.24) is 19.7 Å². The summed E-state index contributed by atoms with van der Waals surface area (Å²) in [6.45, 7) is 2.60. The van der Waals surface area contributed by atoms with Gasteiger partial charge in [0.15, 0.2) is 11.4 Å². The van der Waals surface area contributed by atoms with Gasteiger partial charge in [0, 0.05) is 40.0 Å². The molecule has 1 amide bonds. The van der Waals surface area contributed by atoms with Crippen LogP contribution < -0.4 is 21.5 Å². The molecule has 37 heavy (non-hydrogen) atoms. The molecular weight excluding hydrogens is 490 g/mol. The molecule has 198 valence electrons. The molecule has 2 atom stereocenters. The van der Waals surface area contributed by atoms with Crippen LogP contribution in [0.15, 0.2) is 28.0 Å². The minimum atomic E-state index is -3.08. The van der Waals surface area contributed by atoms with Gasteiger partial charge in [-0.1, -0.05) is 6.92 Å². The molecule has 1 aromatic carbocycles. The maximum absolute atomic E-state index is 14.3. The van der Waals surface area contributed by atoms with Crippen LogP contribution in [0.3, 0.4) is 0 Å². The molecule has 3 N–H and O–H groups in total. The molecule has 3 aromatic rings. The molecule has 3 heterocycles. The Morgan fingerprint density at radius 1 is 1.30 bits per heavy atom. The van der Waals surface area contributed by atoms with E-state index >= 15 is 0 Å². The second kappa shape index (κ2) is 9.21. The number of hydrogen-bond acceptors (Lipinski definition) is 9. The topological polar surface area (TPSA) is 139 Å². The zero-order valence-corrected chi connectivity index (χ0v) is 21.1. The first-order valence-corrected chi connectivity index (χ1v) is 11.6. The van der Waals surface area contributed by atoms with E-state index in [1.807, 2.05) is 6.92 Å². The number of nitrogens with one attached hydrogen (secondary N) is 2. The van der Waals surface area contributed by atoms with Gasteiger partial charge in [-0.15, -0.1) is 0 Å². The molecule has 11 nitrogen and oxygen atoms in total. The van der Waals surface area contributed by atoms with E-state index in [4.69, 9.17) is 4.74 Å². The molecule has 1 aliphatic rings. The largest absolute Gasteiger partial charge is 0.504 e. The average Bonchev–Trinajstić information content (AvgIpc) is 3.36. The number of carbonyl (C=O) groups excluding carboxylic acids is 1. The van der Waals surface area contributed by atoms with E-state index in [0.29, 0.717) is 12.1 Å². The van der Waals surface area contributed by atoms with E-state index in [0.717, 1.165) is 5.56 Å². The zero-order valence-electron chi connectivity index (χ0n) is 21.1. The molecule has 0 bridgehead atoms. The zero-order chi connectivity index (χ0) is 27.3. The average molecular weight is 519 g/mol. The molecule has 0 aliphatic carbocycles. The Hall–Kier alpha value is -3.87. The van der Waals surface area contributed by atoms with Crippen molar-refractivity contribution >= 4 is 23.0 Å². The number of aromatic nitrogens is 3. The number of nitrogens with zero attached hydrogens (tertiary/aromatic N) is 4. The Bertz CT molecular complexity index is 1430. The van der Waals surface area contributed by atoms with Gasteiger partial charge in [-0.05, 0) is 25.0 Å². The number of rotatable bonds is 8. The predicted octanol–water partition coefficient (Wildman–Crippen LogP) is 2.09. The highest BCUT2D eigenvalue weighted by atomic mass is 19.3. The van der Waals surface area contributed by atoms with Crippen LogP contribution in [-0.4, -0.2) is 62.9 Å². The van der Waals surface area contributed by atoms with E-state index in [-0.39, 0.29) is 22.8 Å². The lowest BCUT2D eigenvalue weighted by atomic mass is 9.87. The van der Waals surface area contributed by atoms with Crippen molar-refractivity contribution in [3.8, 4) is 5.75 Å². The lowest BCUT2D eigenvalue weighted by Crippen LogP contribution is -2.44. The molecule has 1 aliphatic heterocycles. The number of pyridine rings is 1. The van der Waals surface area contributed by atoms with Crippen LogP contribution in [0.4, 0.5) is 25.8 Å². The Balaban J connectivity index is 1.74. The third kappa shape index (κ3) is 4.66. The first-order chi connectivity index (χ1) is 17.3. The number of halogens is 2.